The largest absolute Gasteiger partial charge is 0.495 e. The molecule has 0 radical (unpaired) electrons. The summed E-state index contributed by atoms with van der Waals surface area (Å²) in [7, 11) is 1.53. The highest BCUT2D eigenvalue weighted by Crippen LogP contribution is 2.27. The first-order valence-corrected chi connectivity index (χ1v) is 10.1. The predicted octanol–water partition coefficient (Wildman–Crippen LogP) is 3.18. The number of nitrogens with one attached hydrogen (secondary N) is 2. The van der Waals surface area contributed by atoms with E-state index in [4.69, 9.17) is 16.3 Å². The Morgan fingerprint density at radius 3 is 2.75 bits per heavy atom. The van der Waals surface area contributed by atoms with E-state index in [1.54, 1.807) is 25.1 Å². The van der Waals surface area contributed by atoms with Crippen molar-refractivity contribution in [1.82, 2.24) is 19.8 Å². The van der Waals surface area contributed by atoms with E-state index in [2.05, 4.69) is 20.2 Å². The SMILES string of the molecule is COc1ccc(Cl)cc1NC(=O)NCC1CCN(C(=O)c2snnc2C)CC1. The fourth-order valence-corrected chi connectivity index (χ4v) is 3.89. The van der Waals surface area contributed by atoms with Crippen LogP contribution in [0.3, 0.4) is 0 Å². The maximum absolute atomic E-state index is 12.5. The van der Waals surface area contributed by atoms with Crippen LogP contribution in [0.4, 0.5) is 10.5 Å². The van der Waals surface area contributed by atoms with Crippen molar-refractivity contribution in [2.75, 3.05) is 32.1 Å². The molecule has 1 aliphatic heterocycles. The van der Waals surface area contributed by atoms with Crippen molar-refractivity contribution >= 4 is 40.8 Å². The summed E-state index contributed by atoms with van der Waals surface area (Å²) in [5.74, 6) is 0.848. The van der Waals surface area contributed by atoms with Crippen molar-refractivity contribution in [3.8, 4) is 5.75 Å². The van der Waals surface area contributed by atoms with Crippen molar-refractivity contribution in [3.63, 3.8) is 0 Å². The third-order valence-electron chi connectivity index (χ3n) is 4.71. The van der Waals surface area contributed by atoms with E-state index >= 15 is 0 Å². The van der Waals surface area contributed by atoms with Crippen LogP contribution in [0.15, 0.2) is 18.2 Å². The van der Waals surface area contributed by atoms with Crippen LogP contribution in [0, 0.1) is 12.8 Å². The summed E-state index contributed by atoms with van der Waals surface area (Å²) in [5.41, 5.74) is 1.19. The second kappa shape index (κ2) is 9.20. The lowest BCUT2D eigenvalue weighted by Gasteiger charge is -2.31. The fraction of sp³-hybridized carbons (Fsp3) is 0.444. The number of carbonyl (C=O) groups is 2. The van der Waals surface area contributed by atoms with Gasteiger partial charge in [0.1, 0.15) is 10.6 Å². The molecular formula is C18H22ClN5O3S. The highest BCUT2D eigenvalue weighted by atomic mass is 35.5. The number of amides is 3. The monoisotopic (exact) mass is 423 g/mol. The summed E-state index contributed by atoms with van der Waals surface area (Å²) < 4.78 is 9.05. The van der Waals surface area contributed by atoms with Crippen LogP contribution in [0.5, 0.6) is 5.75 Å². The van der Waals surface area contributed by atoms with Gasteiger partial charge in [-0.05, 0) is 55.4 Å². The van der Waals surface area contributed by atoms with Gasteiger partial charge in [0, 0.05) is 24.7 Å². The number of nitrogens with zero attached hydrogens (tertiary/aromatic N) is 3. The van der Waals surface area contributed by atoms with E-state index < -0.39 is 0 Å². The zero-order valence-corrected chi connectivity index (χ0v) is 17.3. The highest BCUT2D eigenvalue weighted by molar-refractivity contribution is 7.07. The minimum absolute atomic E-state index is 0.00953. The fourth-order valence-electron chi connectivity index (χ4n) is 3.09. The molecule has 1 aromatic carbocycles. The summed E-state index contributed by atoms with van der Waals surface area (Å²) in [5, 5.41) is 10.1. The Morgan fingerprint density at radius 1 is 1.36 bits per heavy atom. The number of hydrogen-bond donors (Lipinski definition) is 2. The van der Waals surface area contributed by atoms with E-state index in [1.807, 2.05) is 4.90 Å². The van der Waals surface area contributed by atoms with Crippen molar-refractivity contribution in [3.05, 3.63) is 33.8 Å². The van der Waals surface area contributed by atoms with Crippen molar-refractivity contribution in [2.24, 2.45) is 5.92 Å². The van der Waals surface area contributed by atoms with Crippen molar-refractivity contribution < 1.29 is 14.3 Å². The van der Waals surface area contributed by atoms with Crippen LogP contribution in [0.25, 0.3) is 0 Å². The molecule has 1 saturated heterocycles. The molecule has 0 unspecified atom stereocenters. The quantitative estimate of drug-likeness (QED) is 0.769. The molecule has 0 spiro atoms. The molecule has 2 heterocycles. The molecule has 1 aliphatic rings. The highest BCUT2D eigenvalue weighted by Gasteiger charge is 2.26. The number of hydrogen-bond acceptors (Lipinski definition) is 6. The number of aromatic nitrogens is 2. The summed E-state index contributed by atoms with van der Waals surface area (Å²) in [6.07, 6.45) is 1.66. The summed E-state index contributed by atoms with van der Waals surface area (Å²) in [6, 6.07) is 4.72. The van der Waals surface area contributed by atoms with Crippen LogP contribution in [0.2, 0.25) is 5.02 Å². The van der Waals surface area contributed by atoms with Gasteiger partial charge in [-0.3, -0.25) is 4.79 Å². The molecule has 10 heteroatoms. The maximum Gasteiger partial charge on any atom is 0.319 e. The van der Waals surface area contributed by atoms with Gasteiger partial charge in [-0.15, -0.1) is 5.10 Å². The Hall–Kier alpha value is -2.39. The Bertz CT molecular complexity index is 851. The molecule has 28 heavy (non-hydrogen) atoms. The molecule has 0 aliphatic carbocycles. The average molecular weight is 424 g/mol. The van der Waals surface area contributed by atoms with Gasteiger partial charge in [0.25, 0.3) is 5.91 Å². The van der Waals surface area contributed by atoms with E-state index in [0.29, 0.717) is 52.6 Å². The van der Waals surface area contributed by atoms with Crippen LogP contribution in [0.1, 0.15) is 28.2 Å². The standard InChI is InChI=1S/C18H22ClN5O3S/c1-11-16(28-23-22-11)17(25)24-7-5-12(6-8-24)10-20-18(26)21-14-9-13(19)3-4-15(14)27-2/h3-4,9,12H,5-8,10H2,1-2H3,(H2,20,21,26). The third-order valence-corrected chi connectivity index (χ3v) is 5.76. The lowest BCUT2D eigenvalue weighted by Crippen LogP contribution is -2.42. The number of halogens is 1. The molecule has 0 bridgehead atoms. The third kappa shape index (κ3) is 4.90. The Kier molecular flexibility index (Phi) is 6.69. The number of likely N-dealkylation sites (tertiary alicyclic amines) is 1. The minimum atomic E-state index is -0.314. The molecule has 1 fully saturated rings. The van der Waals surface area contributed by atoms with E-state index in [0.717, 1.165) is 24.4 Å². The molecule has 3 amide bonds. The topological polar surface area (TPSA) is 96.5 Å². The van der Waals surface area contributed by atoms with Gasteiger partial charge in [-0.25, -0.2) is 4.79 Å². The van der Waals surface area contributed by atoms with Crippen LogP contribution >= 0.6 is 23.1 Å². The second-order valence-corrected chi connectivity index (χ2v) is 7.79. The van der Waals surface area contributed by atoms with Gasteiger partial charge in [-0.1, -0.05) is 16.1 Å². The van der Waals surface area contributed by atoms with E-state index in [9.17, 15) is 9.59 Å². The lowest BCUT2D eigenvalue weighted by molar-refractivity contribution is 0.0694. The molecule has 150 valence electrons. The first-order valence-electron chi connectivity index (χ1n) is 8.94. The summed E-state index contributed by atoms with van der Waals surface area (Å²) >= 11 is 7.11. The first-order chi connectivity index (χ1) is 13.5. The number of piperidine rings is 1. The van der Waals surface area contributed by atoms with Crippen LogP contribution in [-0.2, 0) is 0 Å². The van der Waals surface area contributed by atoms with Crippen molar-refractivity contribution in [1.29, 1.82) is 0 Å². The number of carbonyl (C=O) groups excluding carboxylic acids is 2. The minimum Gasteiger partial charge on any atom is -0.495 e. The second-order valence-electron chi connectivity index (χ2n) is 6.60. The zero-order chi connectivity index (χ0) is 20.1. The molecule has 8 nitrogen and oxygen atoms in total. The lowest BCUT2D eigenvalue weighted by atomic mass is 9.96. The normalized spacial score (nSPS) is 14.6. The number of ether oxygens (including phenoxy) is 1. The first kappa shape index (κ1) is 20.3. The van der Waals surface area contributed by atoms with Gasteiger partial charge < -0.3 is 20.3 Å². The van der Waals surface area contributed by atoms with Crippen LogP contribution in [-0.4, -0.2) is 53.2 Å². The maximum atomic E-state index is 12.5. The molecule has 0 saturated carbocycles. The average Bonchev–Trinajstić information content (AvgIpc) is 3.12. The molecule has 3 rings (SSSR count). The van der Waals surface area contributed by atoms with Gasteiger partial charge in [0.15, 0.2) is 0 Å². The van der Waals surface area contributed by atoms with Gasteiger partial charge in [-0.2, -0.15) is 0 Å². The molecule has 2 aromatic rings. The van der Waals surface area contributed by atoms with Crippen LogP contribution < -0.4 is 15.4 Å². The van der Waals surface area contributed by atoms with E-state index in [-0.39, 0.29) is 11.9 Å². The number of benzene rings is 1. The van der Waals surface area contributed by atoms with Gasteiger partial charge in [0.2, 0.25) is 0 Å². The number of methoxy groups -OCH3 is 1. The smallest absolute Gasteiger partial charge is 0.319 e. The van der Waals surface area contributed by atoms with E-state index in [1.165, 1.54) is 7.11 Å². The molecule has 2 N–H and O–H groups in total. The molecule has 1 aromatic heterocycles. The van der Waals surface area contributed by atoms with Crippen molar-refractivity contribution in [2.45, 2.75) is 19.8 Å². The Balaban J connectivity index is 1.45. The number of anilines is 1. The Labute approximate surface area is 172 Å². The van der Waals surface area contributed by atoms with Gasteiger partial charge >= 0.3 is 6.03 Å². The molecular weight excluding hydrogens is 402 g/mol. The summed E-state index contributed by atoms with van der Waals surface area (Å²) in [6.45, 7) is 3.65. The van der Waals surface area contributed by atoms with Gasteiger partial charge in [0.05, 0.1) is 18.5 Å². The molecule has 0 atom stereocenters. The number of rotatable bonds is 5. The number of urea groups is 1. The number of aryl methyl sites for hydroxylation is 1. The summed E-state index contributed by atoms with van der Waals surface area (Å²) in [4.78, 5) is 27.1. The zero-order valence-electron chi connectivity index (χ0n) is 15.7. The Morgan fingerprint density at radius 2 is 2.11 bits per heavy atom. The predicted molar refractivity (Wildman–Crippen MR) is 108 cm³/mol.